The van der Waals surface area contributed by atoms with Crippen molar-refractivity contribution in [2.24, 2.45) is 16.5 Å². The molecule has 0 aliphatic rings. The summed E-state index contributed by atoms with van der Waals surface area (Å²) >= 11 is 6.01. The number of anilines is 1. The number of guanidine groups is 1. The Morgan fingerprint density at radius 1 is 0.971 bits per heavy atom. The lowest BCUT2D eigenvalue weighted by atomic mass is 10.1. The Morgan fingerprint density at radius 2 is 1.74 bits per heavy atom. The molecular formula is C26H23ClN6O2. The van der Waals surface area contributed by atoms with E-state index < -0.39 is 12.0 Å². The number of hydrogen-bond donors (Lipinski definition) is 3. The summed E-state index contributed by atoms with van der Waals surface area (Å²) in [4.78, 5) is 16.8. The van der Waals surface area contributed by atoms with Crippen LogP contribution in [0.25, 0.3) is 11.3 Å². The number of rotatable bonds is 7. The lowest BCUT2D eigenvalue weighted by molar-refractivity contribution is -0.134. The highest BCUT2D eigenvalue weighted by Crippen LogP contribution is 2.26. The molecule has 8 nitrogen and oxygen atoms in total. The van der Waals surface area contributed by atoms with Gasteiger partial charge in [0.1, 0.15) is 0 Å². The minimum absolute atomic E-state index is 0.0262. The Labute approximate surface area is 207 Å². The molecule has 0 amide bonds. The highest BCUT2D eigenvalue weighted by atomic mass is 35.5. The van der Waals surface area contributed by atoms with Crippen LogP contribution in [0, 0.1) is 0 Å². The summed E-state index contributed by atoms with van der Waals surface area (Å²) in [7, 11) is 0. The first-order chi connectivity index (χ1) is 17.0. The molecule has 176 valence electrons. The normalized spacial score (nSPS) is 12.1. The maximum absolute atomic E-state index is 12.5. The van der Waals surface area contributed by atoms with E-state index in [9.17, 15) is 4.79 Å². The number of ether oxygens (including phenoxy) is 1. The summed E-state index contributed by atoms with van der Waals surface area (Å²) < 4.78 is 5.53. The molecule has 4 aromatic rings. The van der Waals surface area contributed by atoms with E-state index in [1.165, 1.54) is 0 Å². The molecule has 9 heteroatoms. The summed E-state index contributed by atoms with van der Waals surface area (Å²) in [6, 6.07) is 26.6. The number of nitrogens with one attached hydrogen (secondary N) is 1. The first-order valence-corrected chi connectivity index (χ1v) is 11.2. The minimum Gasteiger partial charge on any atom is -0.424 e. The van der Waals surface area contributed by atoms with E-state index >= 15 is 0 Å². The number of nitrogens with two attached hydrogens (primary N) is 2. The second kappa shape index (κ2) is 11.2. The number of aromatic nitrogens is 2. The van der Waals surface area contributed by atoms with Gasteiger partial charge in [0, 0.05) is 16.6 Å². The number of aliphatic imine (C=N–C) groups is 1. The molecule has 0 bridgehead atoms. The third-order valence-corrected chi connectivity index (χ3v) is 5.23. The quantitative estimate of drug-likeness (QED) is 0.147. The van der Waals surface area contributed by atoms with Crippen molar-refractivity contribution >= 4 is 35.0 Å². The zero-order valence-corrected chi connectivity index (χ0v) is 19.4. The Kier molecular flexibility index (Phi) is 7.67. The highest BCUT2D eigenvalue weighted by Gasteiger charge is 2.16. The molecule has 0 saturated heterocycles. The van der Waals surface area contributed by atoms with Crippen molar-refractivity contribution in [1.82, 2.24) is 10.2 Å². The second-order valence-electron chi connectivity index (χ2n) is 7.60. The largest absolute Gasteiger partial charge is 0.424 e. The van der Waals surface area contributed by atoms with Crippen LogP contribution in [0.3, 0.4) is 0 Å². The fourth-order valence-electron chi connectivity index (χ4n) is 3.29. The van der Waals surface area contributed by atoms with Gasteiger partial charge in [0.15, 0.2) is 17.5 Å². The molecular weight excluding hydrogens is 464 g/mol. The van der Waals surface area contributed by atoms with E-state index in [1.54, 1.807) is 48.5 Å². The third kappa shape index (κ3) is 6.63. The van der Waals surface area contributed by atoms with Crippen LogP contribution in [0.4, 0.5) is 11.5 Å². The van der Waals surface area contributed by atoms with Gasteiger partial charge in [0.25, 0.3) is 0 Å². The van der Waals surface area contributed by atoms with Gasteiger partial charge < -0.3 is 21.5 Å². The van der Waals surface area contributed by atoms with Crippen molar-refractivity contribution in [3.8, 4) is 17.0 Å². The summed E-state index contributed by atoms with van der Waals surface area (Å²) in [5, 5.41) is 11.8. The van der Waals surface area contributed by atoms with E-state index in [4.69, 9.17) is 27.8 Å². The van der Waals surface area contributed by atoms with Gasteiger partial charge in [-0.25, -0.2) is 0 Å². The van der Waals surface area contributed by atoms with Crippen molar-refractivity contribution in [3.05, 3.63) is 102 Å². The first kappa shape index (κ1) is 23.9. The van der Waals surface area contributed by atoms with Crippen molar-refractivity contribution < 1.29 is 9.53 Å². The van der Waals surface area contributed by atoms with Gasteiger partial charge in [-0.1, -0.05) is 66.2 Å². The molecule has 35 heavy (non-hydrogen) atoms. The molecule has 1 heterocycles. The van der Waals surface area contributed by atoms with Gasteiger partial charge in [0.2, 0.25) is 0 Å². The average Bonchev–Trinajstić information content (AvgIpc) is 2.86. The maximum atomic E-state index is 12.5. The van der Waals surface area contributed by atoms with Gasteiger partial charge in [-0.15, -0.1) is 10.2 Å². The van der Waals surface area contributed by atoms with Crippen LogP contribution < -0.4 is 21.5 Å². The van der Waals surface area contributed by atoms with Gasteiger partial charge in [0.05, 0.1) is 17.8 Å². The van der Waals surface area contributed by atoms with Gasteiger partial charge >= 0.3 is 5.97 Å². The van der Waals surface area contributed by atoms with Crippen LogP contribution >= 0.6 is 11.6 Å². The number of carbonyl (C=O) groups excluding carboxylic acids is 1. The van der Waals surface area contributed by atoms with Crippen LogP contribution in [-0.4, -0.2) is 22.1 Å². The van der Waals surface area contributed by atoms with Crippen LogP contribution in [0.2, 0.25) is 5.02 Å². The lowest BCUT2D eigenvalue weighted by Crippen LogP contribution is -2.23. The monoisotopic (exact) mass is 486 g/mol. The highest BCUT2D eigenvalue weighted by molar-refractivity contribution is 6.30. The van der Waals surface area contributed by atoms with Crippen molar-refractivity contribution in [2.75, 3.05) is 5.32 Å². The van der Waals surface area contributed by atoms with E-state index in [2.05, 4.69) is 20.5 Å². The number of carbonyl (C=O) groups is 1. The molecule has 0 spiro atoms. The summed E-state index contributed by atoms with van der Waals surface area (Å²) in [6.07, 6.45) is -0.0262. The number of esters is 1. The molecule has 4 rings (SSSR count). The topological polar surface area (TPSA) is 129 Å². The fourth-order valence-corrected chi connectivity index (χ4v) is 3.49. The Bertz CT molecular complexity index is 1330. The number of halogens is 1. The Balaban J connectivity index is 1.41. The maximum Gasteiger partial charge on any atom is 0.313 e. The van der Waals surface area contributed by atoms with E-state index in [0.717, 1.165) is 16.8 Å². The molecule has 3 aromatic carbocycles. The Hall–Kier alpha value is -4.27. The van der Waals surface area contributed by atoms with Gasteiger partial charge in [-0.05, 0) is 42.0 Å². The number of benzene rings is 3. The summed E-state index contributed by atoms with van der Waals surface area (Å²) in [5.41, 5.74) is 15.1. The summed E-state index contributed by atoms with van der Waals surface area (Å²) in [6.45, 7) is 0. The van der Waals surface area contributed by atoms with E-state index in [-0.39, 0.29) is 12.4 Å². The number of nitrogens with zero attached hydrogens (tertiary/aromatic N) is 3. The third-order valence-electron chi connectivity index (χ3n) is 4.99. The molecule has 1 unspecified atom stereocenters. The second-order valence-corrected chi connectivity index (χ2v) is 8.04. The van der Waals surface area contributed by atoms with Gasteiger partial charge in [-0.2, -0.15) is 4.99 Å². The van der Waals surface area contributed by atoms with Crippen LogP contribution in [0.15, 0.2) is 96.0 Å². The van der Waals surface area contributed by atoms with Crippen molar-refractivity contribution in [1.29, 1.82) is 0 Å². The molecule has 0 aliphatic heterocycles. The molecule has 0 fully saturated rings. The molecule has 0 aliphatic carbocycles. The summed E-state index contributed by atoms with van der Waals surface area (Å²) in [5.74, 6) is 0.187. The van der Waals surface area contributed by atoms with Crippen LogP contribution in [0.1, 0.15) is 18.0 Å². The first-order valence-electron chi connectivity index (χ1n) is 10.8. The smallest absolute Gasteiger partial charge is 0.313 e. The zero-order valence-electron chi connectivity index (χ0n) is 18.6. The molecule has 0 radical (unpaired) electrons. The SMILES string of the molecule is NC(=Nc1ccc(-c2ccccc2)nn1)Nc1ccccc1OC(=O)CC(N)c1cccc(Cl)c1. The van der Waals surface area contributed by atoms with Crippen molar-refractivity contribution in [2.45, 2.75) is 12.5 Å². The molecule has 1 aromatic heterocycles. The van der Waals surface area contributed by atoms with Crippen LogP contribution in [-0.2, 0) is 4.79 Å². The zero-order chi connectivity index (χ0) is 24.6. The molecule has 1 atom stereocenters. The van der Waals surface area contributed by atoms with Crippen molar-refractivity contribution in [3.63, 3.8) is 0 Å². The number of para-hydroxylation sites is 2. The molecule has 0 saturated carbocycles. The predicted octanol–water partition coefficient (Wildman–Crippen LogP) is 4.85. The van der Waals surface area contributed by atoms with E-state index in [1.807, 2.05) is 42.5 Å². The minimum atomic E-state index is -0.551. The Morgan fingerprint density at radius 3 is 2.49 bits per heavy atom. The number of hydrogen-bond acceptors (Lipinski definition) is 6. The van der Waals surface area contributed by atoms with Crippen LogP contribution in [0.5, 0.6) is 5.75 Å². The lowest BCUT2D eigenvalue weighted by Gasteiger charge is -2.14. The predicted molar refractivity (Wildman–Crippen MR) is 137 cm³/mol. The standard InChI is InChI=1S/C26H23ClN6O2/c27-19-10-6-9-18(15-19)20(28)16-25(34)35-23-12-5-4-11-22(23)30-26(29)31-24-14-13-21(32-33-24)17-7-2-1-3-8-17/h1-15,20H,16,28H2,(H3,29,30,31,33). The molecule has 5 N–H and O–H groups in total. The average molecular weight is 487 g/mol. The van der Waals surface area contributed by atoms with E-state index in [0.29, 0.717) is 22.3 Å². The van der Waals surface area contributed by atoms with Gasteiger partial charge in [-0.3, -0.25) is 4.79 Å². The fraction of sp³-hybridized carbons (Fsp3) is 0.0769.